The summed E-state index contributed by atoms with van der Waals surface area (Å²) in [4.78, 5) is 2.39. The van der Waals surface area contributed by atoms with Crippen molar-refractivity contribution >= 4 is 24.0 Å². The lowest BCUT2D eigenvalue weighted by molar-refractivity contribution is 0.138. The van der Waals surface area contributed by atoms with Crippen LogP contribution in [0.5, 0.6) is 0 Å². The van der Waals surface area contributed by atoms with Crippen LogP contribution in [0.4, 0.5) is 0 Å². The lowest BCUT2D eigenvalue weighted by Gasteiger charge is -2.36. The van der Waals surface area contributed by atoms with Gasteiger partial charge in [-0.1, -0.05) is 35.0 Å². The van der Waals surface area contributed by atoms with Crippen LogP contribution in [0.25, 0.3) is 0 Å². The van der Waals surface area contributed by atoms with Crippen molar-refractivity contribution < 1.29 is 4.52 Å². The Morgan fingerprint density at radius 2 is 2.24 bits per heavy atom. The third-order valence-corrected chi connectivity index (χ3v) is 4.00. The zero-order chi connectivity index (χ0) is 13.9. The summed E-state index contributed by atoms with van der Waals surface area (Å²) in [6.07, 6.45) is 0. The van der Waals surface area contributed by atoms with Gasteiger partial charge in [-0.3, -0.25) is 4.90 Å². The lowest BCUT2D eigenvalue weighted by Crippen LogP contribution is -2.45. The molecule has 0 amide bonds. The summed E-state index contributed by atoms with van der Waals surface area (Å²) < 4.78 is 5.34. The Morgan fingerprint density at radius 3 is 2.95 bits per heavy atom. The van der Waals surface area contributed by atoms with Gasteiger partial charge in [0.25, 0.3) is 0 Å². The van der Waals surface area contributed by atoms with Crippen molar-refractivity contribution in [3.8, 4) is 0 Å². The molecule has 0 saturated carbocycles. The number of nitrogens with zero attached hydrogens (tertiary/aromatic N) is 2. The third-order valence-electron chi connectivity index (χ3n) is 3.65. The average Bonchev–Trinajstić information content (AvgIpc) is 2.86. The maximum Gasteiger partial charge on any atom is 0.150 e. The molecule has 1 N–H and O–H groups in total. The summed E-state index contributed by atoms with van der Waals surface area (Å²) in [7, 11) is 0. The molecule has 1 atom stereocenters. The molecule has 0 spiro atoms. The molecule has 1 unspecified atom stereocenters. The molecule has 2 heterocycles. The fourth-order valence-corrected chi connectivity index (χ4v) is 2.94. The topological polar surface area (TPSA) is 41.3 Å². The summed E-state index contributed by atoms with van der Waals surface area (Å²) in [6.45, 7) is 5.55. The van der Waals surface area contributed by atoms with Gasteiger partial charge < -0.3 is 9.84 Å². The minimum Gasteiger partial charge on any atom is -0.360 e. The molecule has 0 aliphatic carbocycles. The Balaban J connectivity index is 0.00000161. The molecule has 1 aliphatic rings. The third kappa shape index (κ3) is 3.77. The smallest absolute Gasteiger partial charge is 0.150 e. The molecule has 3 rings (SSSR count). The maximum atomic E-state index is 6.34. The van der Waals surface area contributed by atoms with Gasteiger partial charge in [-0.25, -0.2) is 0 Å². The number of piperazine rings is 1. The van der Waals surface area contributed by atoms with Crippen LogP contribution in [0.15, 0.2) is 34.9 Å². The lowest BCUT2D eigenvalue weighted by atomic mass is 10.0. The Kier molecular flexibility index (Phi) is 5.65. The molecule has 1 fully saturated rings. The predicted octanol–water partition coefficient (Wildman–Crippen LogP) is 3.20. The van der Waals surface area contributed by atoms with Gasteiger partial charge in [0.1, 0.15) is 0 Å². The van der Waals surface area contributed by atoms with E-state index in [1.54, 1.807) is 0 Å². The van der Waals surface area contributed by atoms with Gasteiger partial charge in [0, 0.05) is 36.8 Å². The summed E-state index contributed by atoms with van der Waals surface area (Å²) >= 11 is 6.34. The van der Waals surface area contributed by atoms with Crippen LogP contribution in [0.3, 0.4) is 0 Å². The van der Waals surface area contributed by atoms with Crippen molar-refractivity contribution in [3.63, 3.8) is 0 Å². The highest BCUT2D eigenvalue weighted by molar-refractivity contribution is 6.31. The van der Waals surface area contributed by atoms with Gasteiger partial charge in [-0.05, 0) is 18.6 Å². The highest BCUT2D eigenvalue weighted by Crippen LogP contribution is 2.29. The zero-order valence-electron chi connectivity index (χ0n) is 11.9. The molecule has 114 valence electrons. The van der Waals surface area contributed by atoms with Gasteiger partial charge in [0.2, 0.25) is 0 Å². The van der Waals surface area contributed by atoms with E-state index >= 15 is 0 Å². The molecular formula is C15H19Cl2N3O. The van der Waals surface area contributed by atoms with Crippen LogP contribution in [-0.2, 0) is 6.54 Å². The Morgan fingerprint density at radius 1 is 1.43 bits per heavy atom. The minimum atomic E-state index is 0. The molecule has 1 saturated heterocycles. The van der Waals surface area contributed by atoms with E-state index in [1.165, 1.54) is 0 Å². The zero-order valence-corrected chi connectivity index (χ0v) is 13.5. The molecule has 0 radical (unpaired) electrons. The Bertz CT molecular complexity index is 588. The second kappa shape index (κ2) is 7.27. The van der Waals surface area contributed by atoms with E-state index in [1.807, 2.05) is 31.2 Å². The molecule has 1 aliphatic heterocycles. The van der Waals surface area contributed by atoms with E-state index in [0.29, 0.717) is 0 Å². The van der Waals surface area contributed by atoms with Gasteiger partial charge in [-0.15, -0.1) is 12.4 Å². The first-order chi connectivity index (χ1) is 9.74. The average molecular weight is 328 g/mol. The molecule has 6 heteroatoms. The van der Waals surface area contributed by atoms with Gasteiger partial charge in [0.15, 0.2) is 5.76 Å². The largest absolute Gasteiger partial charge is 0.360 e. The van der Waals surface area contributed by atoms with Crippen LogP contribution in [0, 0.1) is 6.92 Å². The van der Waals surface area contributed by atoms with E-state index in [2.05, 4.69) is 21.4 Å². The number of aromatic nitrogens is 1. The summed E-state index contributed by atoms with van der Waals surface area (Å²) in [5, 5.41) is 8.21. The summed E-state index contributed by atoms with van der Waals surface area (Å²) in [5.74, 6) is 0.904. The number of halogens is 2. The maximum absolute atomic E-state index is 6.34. The number of hydrogen-bond donors (Lipinski definition) is 1. The van der Waals surface area contributed by atoms with Crippen molar-refractivity contribution in [1.29, 1.82) is 0 Å². The van der Waals surface area contributed by atoms with E-state index in [0.717, 1.165) is 48.2 Å². The van der Waals surface area contributed by atoms with Crippen molar-refractivity contribution in [3.05, 3.63) is 52.4 Å². The van der Waals surface area contributed by atoms with Crippen LogP contribution in [0.1, 0.15) is 23.1 Å². The normalized spacial score (nSPS) is 19.2. The predicted molar refractivity (Wildman–Crippen MR) is 86.0 cm³/mol. The molecular weight excluding hydrogens is 309 g/mol. The van der Waals surface area contributed by atoms with Crippen LogP contribution in [0.2, 0.25) is 5.02 Å². The SMILES string of the molecule is Cc1cc(CN2CCNCC2c2ccccc2Cl)on1.Cl. The van der Waals surface area contributed by atoms with E-state index in [9.17, 15) is 0 Å². The van der Waals surface area contributed by atoms with Gasteiger partial charge in [0.05, 0.1) is 12.2 Å². The van der Waals surface area contributed by atoms with Crippen LogP contribution >= 0.6 is 24.0 Å². The van der Waals surface area contributed by atoms with E-state index in [4.69, 9.17) is 16.1 Å². The summed E-state index contributed by atoms with van der Waals surface area (Å²) in [6, 6.07) is 10.3. The number of rotatable bonds is 3. The number of hydrogen-bond acceptors (Lipinski definition) is 4. The monoisotopic (exact) mass is 327 g/mol. The highest BCUT2D eigenvalue weighted by atomic mass is 35.5. The molecule has 1 aromatic heterocycles. The standard InChI is InChI=1S/C15H18ClN3O.ClH/c1-11-8-12(20-18-11)10-19-7-6-17-9-15(19)13-4-2-3-5-14(13)16;/h2-5,8,15,17H,6-7,9-10H2,1H3;1H. The molecule has 21 heavy (non-hydrogen) atoms. The summed E-state index contributed by atoms with van der Waals surface area (Å²) in [5.41, 5.74) is 2.09. The van der Waals surface area contributed by atoms with Crippen LogP contribution in [-0.4, -0.2) is 29.7 Å². The van der Waals surface area contributed by atoms with E-state index in [-0.39, 0.29) is 18.4 Å². The second-order valence-corrected chi connectivity index (χ2v) is 5.55. The number of aryl methyl sites for hydroxylation is 1. The second-order valence-electron chi connectivity index (χ2n) is 5.15. The van der Waals surface area contributed by atoms with Crippen molar-refractivity contribution in [2.24, 2.45) is 0 Å². The molecule has 1 aromatic carbocycles. The highest BCUT2D eigenvalue weighted by Gasteiger charge is 2.26. The molecule has 0 bridgehead atoms. The molecule has 2 aromatic rings. The van der Waals surface area contributed by atoms with Crippen molar-refractivity contribution in [1.82, 2.24) is 15.4 Å². The first kappa shape index (κ1) is 16.3. The number of benzene rings is 1. The first-order valence-corrected chi connectivity index (χ1v) is 7.23. The Hall–Kier alpha value is -1.07. The van der Waals surface area contributed by atoms with Gasteiger partial charge in [-0.2, -0.15) is 0 Å². The van der Waals surface area contributed by atoms with Gasteiger partial charge >= 0.3 is 0 Å². The quantitative estimate of drug-likeness (QED) is 0.939. The fourth-order valence-electron chi connectivity index (χ4n) is 2.68. The van der Waals surface area contributed by atoms with Crippen molar-refractivity contribution in [2.75, 3.05) is 19.6 Å². The fraction of sp³-hybridized carbons (Fsp3) is 0.400. The van der Waals surface area contributed by atoms with Crippen LogP contribution < -0.4 is 5.32 Å². The molecule has 4 nitrogen and oxygen atoms in total. The Labute approximate surface area is 135 Å². The minimum absolute atomic E-state index is 0. The van der Waals surface area contributed by atoms with E-state index < -0.39 is 0 Å². The van der Waals surface area contributed by atoms with Crippen molar-refractivity contribution in [2.45, 2.75) is 19.5 Å². The number of nitrogens with one attached hydrogen (secondary N) is 1. The first-order valence-electron chi connectivity index (χ1n) is 6.85.